The Kier molecular flexibility index (Phi) is 6.46. The molecule has 2 aromatic heterocycles. The summed E-state index contributed by atoms with van der Waals surface area (Å²) in [6.45, 7) is 1.34. The molecular weight excluding hydrogens is 469 g/mol. The Morgan fingerprint density at radius 1 is 1.27 bits per heavy atom. The zero-order valence-corrected chi connectivity index (χ0v) is 18.7. The maximum absolute atomic E-state index is 14.5. The molecule has 156 valence electrons. The van der Waals surface area contributed by atoms with Crippen LogP contribution in [0.4, 0.5) is 4.39 Å². The minimum atomic E-state index is -0.344. The number of hydrogen-bond acceptors (Lipinski definition) is 4. The highest BCUT2D eigenvalue weighted by molar-refractivity contribution is 9.10. The lowest BCUT2D eigenvalue weighted by Gasteiger charge is -2.26. The molecule has 1 fully saturated rings. The van der Waals surface area contributed by atoms with Crippen LogP contribution in [0, 0.1) is 5.82 Å². The Bertz CT molecular complexity index is 1030. The molecule has 4 rings (SSSR count). The molecule has 8 heteroatoms. The van der Waals surface area contributed by atoms with Crippen LogP contribution < -0.4 is 5.32 Å². The molecule has 1 saturated heterocycles. The van der Waals surface area contributed by atoms with E-state index in [0.29, 0.717) is 39.8 Å². The third-order valence-corrected chi connectivity index (χ3v) is 5.91. The number of halogens is 2. The average molecular weight is 490 g/mol. The minimum absolute atomic E-state index is 0.171. The van der Waals surface area contributed by atoms with Crippen LogP contribution in [0.3, 0.4) is 0 Å². The quantitative estimate of drug-likeness (QED) is 0.361. The molecule has 1 aliphatic heterocycles. The van der Waals surface area contributed by atoms with E-state index in [4.69, 9.17) is 21.4 Å². The molecule has 3 heterocycles. The van der Waals surface area contributed by atoms with Gasteiger partial charge in [-0.05, 0) is 61.1 Å². The first-order valence-corrected chi connectivity index (χ1v) is 10.8. The Morgan fingerprint density at radius 2 is 2.13 bits per heavy atom. The number of rotatable bonds is 7. The van der Waals surface area contributed by atoms with Crippen molar-refractivity contribution in [2.75, 3.05) is 20.3 Å². The van der Waals surface area contributed by atoms with Gasteiger partial charge in [0.15, 0.2) is 5.11 Å². The smallest absolute Gasteiger partial charge is 0.170 e. The normalized spacial score (nSPS) is 18.6. The van der Waals surface area contributed by atoms with Crippen molar-refractivity contribution in [1.82, 2.24) is 15.2 Å². The highest BCUT2D eigenvalue weighted by Crippen LogP contribution is 2.40. The molecule has 0 amide bonds. The van der Waals surface area contributed by atoms with Gasteiger partial charge in [0.2, 0.25) is 0 Å². The molecule has 1 aromatic carbocycles. The van der Waals surface area contributed by atoms with Gasteiger partial charge in [0.1, 0.15) is 23.4 Å². The zero-order valence-electron chi connectivity index (χ0n) is 16.3. The van der Waals surface area contributed by atoms with Gasteiger partial charge < -0.3 is 19.4 Å². The van der Waals surface area contributed by atoms with Crippen molar-refractivity contribution in [3.8, 4) is 11.3 Å². The minimum Gasteiger partial charge on any atom is -0.459 e. The number of benzene rings is 1. The fraction of sp³-hybridized carbons (Fsp3) is 0.273. The topological polar surface area (TPSA) is 50.5 Å². The van der Waals surface area contributed by atoms with E-state index in [9.17, 15) is 4.39 Å². The molecule has 0 unspecified atom stereocenters. The number of methoxy groups -OCH3 is 1. The van der Waals surface area contributed by atoms with Crippen LogP contribution in [0.2, 0.25) is 0 Å². The summed E-state index contributed by atoms with van der Waals surface area (Å²) in [5.74, 6) is 0.834. The third kappa shape index (κ3) is 4.26. The highest BCUT2D eigenvalue weighted by Gasteiger charge is 2.41. The lowest BCUT2D eigenvalue weighted by molar-refractivity contribution is 0.177. The fourth-order valence-corrected chi connectivity index (χ4v) is 4.35. The number of thiocarbonyl (C=S) groups is 1. The molecule has 0 radical (unpaired) electrons. The summed E-state index contributed by atoms with van der Waals surface area (Å²) in [6, 6.07) is 14.0. The van der Waals surface area contributed by atoms with Crippen molar-refractivity contribution >= 4 is 33.3 Å². The average Bonchev–Trinajstić information content (AvgIpc) is 3.34. The Balaban J connectivity index is 1.69. The van der Waals surface area contributed by atoms with Crippen LogP contribution in [0.5, 0.6) is 0 Å². The predicted molar refractivity (Wildman–Crippen MR) is 120 cm³/mol. The molecule has 0 spiro atoms. The molecule has 1 aliphatic rings. The maximum Gasteiger partial charge on any atom is 0.170 e. The van der Waals surface area contributed by atoms with Crippen LogP contribution in [-0.4, -0.2) is 35.3 Å². The van der Waals surface area contributed by atoms with Gasteiger partial charge in [0.25, 0.3) is 0 Å². The standard InChI is InChI=1S/C22H21BrFN3O2S/c1-28-12-4-11-27-21(20(26-22(27)30)17-5-2-3-10-25-17)19-9-8-18(29-19)15-7-6-14(23)13-16(15)24/h2-3,5-10,13,20-21H,4,11-12H2,1H3,(H,26,30)/t20-,21-/m1/s1. The van der Waals surface area contributed by atoms with E-state index in [-0.39, 0.29) is 17.9 Å². The predicted octanol–water partition coefficient (Wildman–Crippen LogP) is 5.25. The number of nitrogens with zero attached hydrogens (tertiary/aromatic N) is 2. The maximum atomic E-state index is 14.5. The lowest BCUT2D eigenvalue weighted by Crippen LogP contribution is -2.31. The van der Waals surface area contributed by atoms with Crippen LogP contribution in [0.25, 0.3) is 11.3 Å². The molecule has 3 aromatic rings. The molecule has 2 atom stereocenters. The van der Waals surface area contributed by atoms with Gasteiger partial charge in [-0.2, -0.15) is 0 Å². The molecular formula is C22H21BrFN3O2S. The second kappa shape index (κ2) is 9.24. The van der Waals surface area contributed by atoms with Gasteiger partial charge in [-0.15, -0.1) is 0 Å². The number of ether oxygens (including phenoxy) is 1. The number of pyridine rings is 1. The first-order valence-electron chi connectivity index (χ1n) is 9.60. The summed E-state index contributed by atoms with van der Waals surface area (Å²) < 4.78 is 26.5. The summed E-state index contributed by atoms with van der Waals surface area (Å²) in [5.41, 5.74) is 1.28. The zero-order chi connectivity index (χ0) is 21.1. The molecule has 30 heavy (non-hydrogen) atoms. The van der Waals surface area contributed by atoms with E-state index < -0.39 is 0 Å². The van der Waals surface area contributed by atoms with Crippen molar-refractivity contribution in [2.24, 2.45) is 0 Å². The lowest BCUT2D eigenvalue weighted by atomic mass is 10.0. The number of hydrogen-bond donors (Lipinski definition) is 1. The summed E-state index contributed by atoms with van der Waals surface area (Å²) in [5, 5.41) is 4.02. The third-order valence-electron chi connectivity index (χ3n) is 5.06. The molecule has 0 aliphatic carbocycles. The van der Waals surface area contributed by atoms with E-state index in [2.05, 4.69) is 31.1 Å². The van der Waals surface area contributed by atoms with E-state index in [1.807, 2.05) is 24.3 Å². The summed E-state index contributed by atoms with van der Waals surface area (Å²) in [6.07, 6.45) is 2.58. The van der Waals surface area contributed by atoms with Gasteiger partial charge in [0, 0.05) is 30.9 Å². The first kappa shape index (κ1) is 21.0. The Labute approximate surface area is 188 Å². The van der Waals surface area contributed by atoms with Crippen LogP contribution >= 0.6 is 28.1 Å². The van der Waals surface area contributed by atoms with Gasteiger partial charge in [-0.1, -0.05) is 22.0 Å². The van der Waals surface area contributed by atoms with Crippen molar-refractivity contribution in [2.45, 2.75) is 18.5 Å². The molecule has 1 N–H and O–H groups in total. The molecule has 0 saturated carbocycles. The van der Waals surface area contributed by atoms with Crippen molar-refractivity contribution in [3.63, 3.8) is 0 Å². The Hall–Kier alpha value is -2.29. The van der Waals surface area contributed by atoms with Crippen LogP contribution in [0.15, 0.2) is 63.6 Å². The van der Waals surface area contributed by atoms with Crippen molar-refractivity contribution in [3.05, 3.63) is 76.5 Å². The van der Waals surface area contributed by atoms with E-state index in [1.54, 1.807) is 31.5 Å². The first-order chi connectivity index (χ1) is 14.6. The van der Waals surface area contributed by atoms with E-state index in [1.165, 1.54) is 6.07 Å². The second-order valence-electron chi connectivity index (χ2n) is 6.99. The number of furan rings is 1. The largest absolute Gasteiger partial charge is 0.459 e. The van der Waals surface area contributed by atoms with Gasteiger partial charge in [-0.25, -0.2) is 4.39 Å². The number of nitrogens with one attached hydrogen (secondary N) is 1. The van der Waals surface area contributed by atoms with Crippen LogP contribution in [-0.2, 0) is 4.74 Å². The molecule has 0 bridgehead atoms. The summed E-state index contributed by atoms with van der Waals surface area (Å²) >= 11 is 8.91. The monoisotopic (exact) mass is 489 g/mol. The fourth-order valence-electron chi connectivity index (χ4n) is 3.68. The molecule has 5 nitrogen and oxygen atoms in total. The SMILES string of the molecule is COCCCN1C(=S)N[C@H](c2ccccn2)[C@H]1c1ccc(-c2ccc(Br)cc2F)o1. The highest BCUT2D eigenvalue weighted by atomic mass is 79.9. The van der Waals surface area contributed by atoms with E-state index >= 15 is 0 Å². The Morgan fingerprint density at radius 3 is 2.87 bits per heavy atom. The number of aromatic nitrogens is 1. The second-order valence-corrected chi connectivity index (χ2v) is 8.29. The van der Waals surface area contributed by atoms with Crippen LogP contribution in [0.1, 0.15) is 30.0 Å². The van der Waals surface area contributed by atoms with Gasteiger partial charge in [0.05, 0.1) is 17.3 Å². The van der Waals surface area contributed by atoms with Crippen molar-refractivity contribution in [1.29, 1.82) is 0 Å². The van der Waals surface area contributed by atoms with E-state index in [0.717, 1.165) is 12.1 Å². The van der Waals surface area contributed by atoms with Crippen molar-refractivity contribution < 1.29 is 13.5 Å². The van der Waals surface area contributed by atoms with Gasteiger partial charge in [-0.3, -0.25) is 4.98 Å². The van der Waals surface area contributed by atoms with Gasteiger partial charge >= 0.3 is 0 Å². The summed E-state index contributed by atoms with van der Waals surface area (Å²) in [7, 11) is 1.68. The summed E-state index contributed by atoms with van der Waals surface area (Å²) in [4.78, 5) is 6.60.